The minimum absolute atomic E-state index is 0.0250. The molecular formula is C25H33N3O5S. The highest BCUT2D eigenvalue weighted by Gasteiger charge is 2.27. The molecule has 0 saturated carbocycles. The van der Waals surface area contributed by atoms with E-state index in [0.717, 1.165) is 17.5 Å². The maximum absolute atomic E-state index is 12.8. The van der Waals surface area contributed by atoms with Gasteiger partial charge in [0.25, 0.3) is 0 Å². The third-order valence-electron chi connectivity index (χ3n) is 5.76. The number of rotatable bonds is 11. The molecule has 1 aliphatic rings. The summed E-state index contributed by atoms with van der Waals surface area (Å²) in [5, 5.41) is 8.23. The molecule has 1 fully saturated rings. The molecule has 2 heterocycles. The van der Waals surface area contributed by atoms with Crippen molar-refractivity contribution in [3.8, 4) is 11.1 Å². The number of methoxy groups -OCH3 is 1. The number of carbonyl (C=O) groups excluding carboxylic acids is 3. The molecule has 8 nitrogen and oxygen atoms in total. The summed E-state index contributed by atoms with van der Waals surface area (Å²) in [5.74, 6) is -0.584. The van der Waals surface area contributed by atoms with Crippen molar-refractivity contribution in [1.82, 2.24) is 10.2 Å². The first-order valence-electron chi connectivity index (χ1n) is 11.7. The third kappa shape index (κ3) is 7.12. The Morgan fingerprint density at radius 2 is 1.88 bits per heavy atom. The number of nitrogens with one attached hydrogen (secondary N) is 2. The normalized spacial score (nSPS) is 14.5. The Kier molecular flexibility index (Phi) is 10.1. The predicted molar refractivity (Wildman–Crippen MR) is 133 cm³/mol. The lowest BCUT2D eigenvalue weighted by Crippen LogP contribution is -2.43. The van der Waals surface area contributed by atoms with Gasteiger partial charge in [0.05, 0.1) is 13.2 Å². The molecule has 1 aromatic heterocycles. The third-order valence-corrected chi connectivity index (χ3v) is 6.65. The number of carbonyl (C=O) groups is 3. The van der Waals surface area contributed by atoms with Crippen LogP contribution in [0.4, 0.5) is 5.00 Å². The van der Waals surface area contributed by atoms with E-state index in [-0.39, 0.29) is 30.9 Å². The Balaban J connectivity index is 1.56. The lowest BCUT2D eigenvalue weighted by molar-refractivity contribution is -0.126. The van der Waals surface area contributed by atoms with Gasteiger partial charge in [0.1, 0.15) is 10.6 Å². The maximum atomic E-state index is 12.8. The van der Waals surface area contributed by atoms with Crippen molar-refractivity contribution in [2.75, 3.05) is 51.8 Å². The minimum atomic E-state index is -0.449. The largest absolute Gasteiger partial charge is 0.462 e. The highest BCUT2D eigenvalue weighted by atomic mass is 32.1. The zero-order chi connectivity index (χ0) is 24.3. The molecule has 1 saturated heterocycles. The van der Waals surface area contributed by atoms with Crippen molar-refractivity contribution >= 4 is 34.1 Å². The average molecular weight is 488 g/mol. The Morgan fingerprint density at radius 3 is 2.56 bits per heavy atom. The van der Waals surface area contributed by atoms with Gasteiger partial charge < -0.3 is 20.1 Å². The summed E-state index contributed by atoms with van der Waals surface area (Å²) in [6, 6.07) is 9.58. The van der Waals surface area contributed by atoms with Gasteiger partial charge in [-0.25, -0.2) is 4.79 Å². The number of ether oxygens (including phenoxy) is 2. The number of hydrogen-bond donors (Lipinski definition) is 2. The van der Waals surface area contributed by atoms with E-state index in [1.54, 1.807) is 14.0 Å². The van der Waals surface area contributed by atoms with Crippen molar-refractivity contribution in [3.05, 3.63) is 41.3 Å². The van der Waals surface area contributed by atoms with E-state index in [9.17, 15) is 14.4 Å². The maximum Gasteiger partial charge on any atom is 0.341 e. The van der Waals surface area contributed by atoms with Crippen LogP contribution in [0.2, 0.25) is 0 Å². The molecule has 184 valence electrons. The van der Waals surface area contributed by atoms with Gasteiger partial charge in [-0.05, 0) is 44.8 Å². The second-order valence-corrected chi connectivity index (χ2v) is 9.06. The summed E-state index contributed by atoms with van der Waals surface area (Å²) in [6.07, 6.45) is 2.23. The predicted octanol–water partition coefficient (Wildman–Crippen LogP) is 3.40. The number of piperidine rings is 1. The molecule has 0 spiro atoms. The van der Waals surface area contributed by atoms with Crippen LogP contribution in [0.5, 0.6) is 0 Å². The first-order chi connectivity index (χ1) is 16.5. The van der Waals surface area contributed by atoms with Crippen LogP contribution in [0.15, 0.2) is 35.7 Å². The van der Waals surface area contributed by atoms with Gasteiger partial charge in [-0.15, -0.1) is 11.3 Å². The van der Waals surface area contributed by atoms with Crippen molar-refractivity contribution in [2.24, 2.45) is 5.92 Å². The number of anilines is 1. The quantitative estimate of drug-likeness (QED) is 0.373. The van der Waals surface area contributed by atoms with Crippen molar-refractivity contribution in [3.63, 3.8) is 0 Å². The lowest BCUT2D eigenvalue weighted by atomic mass is 9.96. The van der Waals surface area contributed by atoms with Gasteiger partial charge >= 0.3 is 5.97 Å². The zero-order valence-corrected chi connectivity index (χ0v) is 20.6. The van der Waals surface area contributed by atoms with Crippen molar-refractivity contribution in [1.29, 1.82) is 0 Å². The van der Waals surface area contributed by atoms with Crippen LogP contribution < -0.4 is 10.6 Å². The van der Waals surface area contributed by atoms with Crippen LogP contribution in [0.1, 0.15) is 36.5 Å². The molecule has 34 heavy (non-hydrogen) atoms. The second kappa shape index (κ2) is 13.2. The summed E-state index contributed by atoms with van der Waals surface area (Å²) in [5.41, 5.74) is 2.02. The van der Waals surface area contributed by atoms with Crippen LogP contribution in [0.3, 0.4) is 0 Å². The number of likely N-dealkylation sites (tertiary alicyclic amines) is 1. The van der Waals surface area contributed by atoms with Crippen molar-refractivity contribution in [2.45, 2.75) is 26.2 Å². The molecule has 3 rings (SSSR count). The standard InChI is InChI=1S/C25H33N3O5S/c1-3-33-25(31)22-20(18-8-5-4-6-9-18)17-34-24(22)27-21(29)16-28-13-10-19(11-14-28)23(30)26-12-7-15-32-2/h4-6,8-9,17,19H,3,7,10-16H2,1-2H3,(H,26,30)(H,27,29). The number of benzene rings is 1. The van der Waals surface area contributed by atoms with Crippen molar-refractivity contribution < 1.29 is 23.9 Å². The first kappa shape index (κ1) is 25.9. The van der Waals surface area contributed by atoms with Gasteiger partial charge in [-0.3, -0.25) is 14.5 Å². The van der Waals surface area contributed by atoms with Gasteiger partial charge in [-0.1, -0.05) is 30.3 Å². The Hall–Kier alpha value is -2.75. The Labute approximate surface area is 204 Å². The fourth-order valence-corrected chi connectivity index (χ4v) is 4.95. The lowest BCUT2D eigenvalue weighted by Gasteiger charge is -2.30. The fourth-order valence-electron chi connectivity index (χ4n) is 3.98. The molecule has 2 amide bonds. The molecule has 9 heteroatoms. The van der Waals surface area contributed by atoms with Crippen LogP contribution in [-0.4, -0.2) is 69.2 Å². The number of hydrogen-bond acceptors (Lipinski definition) is 7. The zero-order valence-electron chi connectivity index (χ0n) is 19.8. The van der Waals surface area contributed by atoms with E-state index in [1.165, 1.54) is 11.3 Å². The molecule has 0 aliphatic carbocycles. The highest BCUT2D eigenvalue weighted by Crippen LogP contribution is 2.36. The first-order valence-corrected chi connectivity index (χ1v) is 12.5. The van der Waals surface area contributed by atoms with Gasteiger partial charge in [0.2, 0.25) is 11.8 Å². The number of esters is 1. The second-order valence-electron chi connectivity index (χ2n) is 8.18. The Morgan fingerprint density at radius 1 is 1.15 bits per heavy atom. The van der Waals surface area contributed by atoms with Crippen LogP contribution in [0, 0.1) is 5.92 Å². The van der Waals surface area contributed by atoms with E-state index in [4.69, 9.17) is 9.47 Å². The number of amides is 2. The smallest absolute Gasteiger partial charge is 0.341 e. The highest BCUT2D eigenvalue weighted by molar-refractivity contribution is 7.15. The van der Waals surface area contributed by atoms with E-state index in [1.807, 2.05) is 40.6 Å². The molecule has 1 aliphatic heterocycles. The molecule has 0 unspecified atom stereocenters. The number of nitrogens with zero attached hydrogens (tertiary/aromatic N) is 1. The summed E-state index contributed by atoms with van der Waals surface area (Å²) >= 11 is 1.32. The van der Waals surface area contributed by atoms with Crippen LogP contribution in [0.25, 0.3) is 11.1 Å². The monoisotopic (exact) mass is 487 g/mol. The Bertz CT molecular complexity index is 955. The SMILES string of the molecule is CCOC(=O)c1c(-c2ccccc2)csc1NC(=O)CN1CCC(C(=O)NCCCOC)CC1. The topological polar surface area (TPSA) is 97.0 Å². The molecule has 0 radical (unpaired) electrons. The average Bonchev–Trinajstić information content (AvgIpc) is 3.26. The molecule has 2 N–H and O–H groups in total. The van der Waals surface area contributed by atoms with E-state index >= 15 is 0 Å². The van der Waals surface area contributed by atoms with Crippen LogP contribution >= 0.6 is 11.3 Å². The summed E-state index contributed by atoms with van der Waals surface area (Å²) in [4.78, 5) is 39.8. The summed E-state index contributed by atoms with van der Waals surface area (Å²) in [6.45, 7) is 4.82. The van der Waals surface area contributed by atoms with Gasteiger partial charge in [-0.2, -0.15) is 0 Å². The van der Waals surface area contributed by atoms with Gasteiger partial charge in [0, 0.05) is 37.1 Å². The molecule has 0 bridgehead atoms. The summed E-state index contributed by atoms with van der Waals surface area (Å²) in [7, 11) is 1.64. The molecule has 1 aromatic carbocycles. The van der Waals surface area contributed by atoms with E-state index < -0.39 is 5.97 Å². The number of thiophene rings is 1. The van der Waals surface area contributed by atoms with E-state index in [0.29, 0.717) is 49.6 Å². The minimum Gasteiger partial charge on any atom is -0.462 e. The molecular weight excluding hydrogens is 454 g/mol. The van der Waals surface area contributed by atoms with E-state index in [2.05, 4.69) is 10.6 Å². The molecule has 2 aromatic rings. The van der Waals surface area contributed by atoms with Crippen LogP contribution in [-0.2, 0) is 19.1 Å². The van der Waals surface area contributed by atoms with Gasteiger partial charge in [0.15, 0.2) is 0 Å². The summed E-state index contributed by atoms with van der Waals surface area (Å²) < 4.78 is 10.3. The molecule has 0 atom stereocenters. The fraction of sp³-hybridized carbons (Fsp3) is 0.480.